The van der Waals surface area contributed by atoms with Gasteiger partial charge in [-0.2, -0.15) is 11.8 Å². The summed E-state index contributed by atoms with van der Waals surface area (Å²) in [6.07, 6.45) is 1.77. The highest BCUT2D eigenvalue weighted by molar-refractivity contribution is 7.98. The van der Waals surface area contributed by atoms with Crippen LogP contribution in [-0.4, -0.2) is 30.9 Å². The smallest absolute Gasteiger partial charge is 0.323 e. The molecule has 0 fully saturated rings. The molecule has 0 saturated carbocycles. The van der Waals surface area contributed by atoms with E-state index in [0.29, 0.717) is 6.61 Å². The molecule has 0 bridgehead atoms. The largest absolute Gasteiger partial charge is 0.465 e. The second-order valence-corrected chi connectivity index (χ2v) is 6.20. The van der Waals surface area contributed by atoms with Gasteiger partial charge >= 0.3 is 5.97 Å². The van der Waals surface area contributed by atoms with Gasteiger partial charge in [-0.3, -0.25) is 4.79 Å². The molecule has 0 heterocycles. The summed E-state index contributed by atoms with van der Waals surface area (Å²) in [5.41, 5.74) is 1.14. The number of ether oxygens (including phenoxy) is 1. The zero-order valence-corrected chi connectivity index (χ0v) is 14.3. The minimum absolute atomic E-state index is 0.149. The fourth-order valence-corrected chi connectivity index (χ4v) is 3.16. The summed E-state index contributed by atoms with van der Waals surface area (Å²) in [7, 11) is 0. The third-order valence-corrected chi connectivity index (χ3v) is 4.39. The number of hydrogen-bond acceptors (Lipinski definition) is 4. The molecular weight excluding hydrogens is 306 g/mol. The van der Waals surface area contributed by atoms with Crippen LogP contribution in [0.2, 0.25) is 5.02 Å². The van der Waals surface area contributed by atoms with Crippen molar-refractivity contribution in [1.82, 2.24) is 5.32 Å². The van der Waals surface area contributed by atoms with Gasteiger partial charge in [-0.15, -0.1) is 0 Å². The van der Waals surface area contributed by atoms with Crippen LogP contribution in [0.1, 0.15) is 32.3 Å². The third kappa shape index (κ3) is 7.21. The van der Waals surface area contributed by atoms with Gasteiger partial charge in [0.1, 0.15) is 6.04 Å². The highest BCUT2D eigenvalue weighted by Gasteiger charge is 2.18. The first-order valence-corrected chi connectivity index (χ1v) is 8.93. The Kier molecular flexibility index (Phi) is 9.55. The van der Waals surface area contributed by atoms with E-state index in [1.807, 2.05) is 31.2 Å². The Bertz CT molecular complexity index is 428. The van der Waals surface area contributed by atoms with E-state index in [-0.39, 0.29) is 12.0 Å². The van der Waals surface area contributed by atoms with Crippen molar-refractivity contribution in [3.63, 3.8) is 0 Å². The summed E-state index contributed by atoms with van der Waals surface area (Å²) in [5.74, 6) is 1.61. The highest BCUT2D eigenvalue weighted by Crippen LogP contribution is 2.21. The lowest BCUT2D eigenvalue weighted by atomic mass is 10.2. The van der Waals surface area contributed by atoms with Crippen LogP contribution < -0.4 is 5.32 Å². The van der Waals surface area contributed by atoms with E-state index < -0.39 is 0 Å². The van der Waals surface area contributed by atoms with Gasteiger partial charge in [-0.25, -0.2) is 0 Å². The maximum absolute atomic E-state index is 11.9. The summed E-state index contributed by atoms with van der Waals surface area (Å²) < 4.78 is 5.10. The molecule has 1 aromatic rings. The maximum atomic E-state index is 11.9. The Morgan fingerprint density at radius 2 is 2.14 bits per heavy atom. The van der Waals surface area contributed by atoms with Gasteiger partial charge in [-0.05, 0) is 43.7 Å². The molecule has 1 aromatic carbocycles. The molecular formula is C16H24ClNO2S. The molecule has 3 nitrogen and oxygen atoms in total. The second-order valence-electron chi connectivity index (χ2n) is 4.69. The summed E-state index contributed by atoms with van der Waals surface area (Å²) in [6, 6.07) is 7.66. The average Bonchev–Trinajstić information content (AvgIpc) is 2.48. The van der Waals surface area contributed by atoms with Gasteiger partial charge in [0.2, 0.25) is 0 Å². The number of thioether (sulfide) groups is 1. The van der Waals surface area contributed by atoms with Crippen LogP contribution in [0.3, 0.4) is 0 Å². The van der Waals surface area contributed by atoms with E-state index in [1.54, 1.807) is 11.8 Å². The Hall–Kier alpha value is -0.710. The zero-order valence-electron chi connectivity index (χ0n) is 12.7. The van der Waals surface area contributed by atoms with Gasteiger partial charge < -0.3 is 10.1 Å². The summed E-state index contributed by atoms with van der Waals surface area (Å²) in [5, 5.41) is 4.05. The van der Waals surface area contributed by atoms with Gasteiger partial charge in [0, 0.05) is 10.8 Å². The van der Waals surface area contributed by atoms with E-state index in [0.717, 1.165) is 41.5 Å². The van der Waals surface area contributed by atoms with Crippen LogP contribution >= 0.6 is 23.4 Å². The summed E-state index contributed by atoms with van der Waals surface area (Å²) >= 11 is 7.91. The average molecular weight is 330 g/mol. The number of nitrogens with one attached hydrogen (secondary N) is 1. The number of rotatable bonds is 10. The molecule has 1 N–H and O–H groups in total. The SMILES string of the molecule is CCCNC(CCSCc1ccccc1Cl)C(=O)OCC. The van der Waals surface area contributed by atoms with E-state index in [4.69, 9.17) is 16.3 Å². The van der Waals surface area contributed by atoms with Gasteiger partial charge in [-0.1, -0.05) is 36.7 Å². The van der Waals surface area contributed by atoms with Crippen molar-refractivity contribution in [1.29, 1.82) is 0 Å². The fraction of sp³-hybridized carbons (Fsp3) is 0.562. The van der Waals surface area contributed by atoms with Crippen molar-refractivity contribution >= 4 is 29.3 Å². The molecule has 118 valence electrons. The van der Waals surface area contributed by atoms with Crippen LogP contribution in [0.25, 0.3) is 0 Å². The van der Waals surface area contributed by atoms with Crippen molar-refractivity contribution in [3.05, 3.63) is 34.9 Å². The topological polar surface area (TPSA) is 38.3 Å². The summed E-state index contributed by atoms with van der Waals surface area (Å²) in [6.45, 7) is 5.18. The molecule has 0 spiro atoms. The molecule has 5 heteroatoms. The number of carbonyl (C=O) groups excluding carboxylic acids is 1. The molecule has 1 atom stereocenters. The summed E-state index contributed by atoms with van der Waals surface area (Å²) in [4.78, 5) is 11.9. The number of esters is 1. The van der Waals surface area contributed by atoms with Crippen molar-refractivity contribution < 1.29 is 9.53 Å². The van der Waals surface area contributed by atoms with Crippen molar-refractivity contribution in [2.75, 3.05) is 18.9 Å². The third-order valence-electron chi connectivity index (χ3n) is 2.98. The van der Waals surface area contributed by atoms with Crippen LogP contribution in [0.15, 0.2) is 24.3 Å². The molecule has 0 aliphatic rings. The number of halogens is 1. The molecule has 1 unspecified atom stereocenters. The van der Waals surface area contributed by atoms with Gasteiger partial charge in [0.25, 0.3) is 0 Å². The van der Waals surface area contributed by atoms with E-state index in [1.165, 1.54) is 0 Å². The van der Waals surface area contributed by atoms with Crippen molar-refractivity contribution in [2.45, 2.75) is 38.5 Å². The maximum Gasteiger partial charge on any atom is 0.323 e. The first kappa shape index (κ1) is 18.3. The minimum Gasteiger partial charge on any atom is -0.465 e. The van der Waals surface area contributed by atoms with Crippen molar-refractivity contribution in [2.24, 2.45) is 0 Å². The number of hydrogen-bond donors (Lipinski definition) is 1. The molecule has 0 aliphatic carbocycles. The standard InChI is InChI=1S/C16H24ClNO2S/c1-3-10-18-15(16(19)20-4-2)9-11-21-12-13-7-5-6-8-14(13)17/h5-8,15,18H,3-4,9-12H2,1-2H3. The van der Waals surface area contributed by atoms with Crippen molar-refractivity contribution in [3.8, 4) is 0 Å². The Balaban J connectivity index is 2.35. The van der Waals surface area contributed by atoms with Gasteiger partial charge in [0.15, 0.2) is 0 Å². The highest BCUT2D eigenvalue weighted by atomic mass is 35.5. The molecule has 1 rings (SSSR count). The first-order chi connectivity index (χ1) is 10.2. The Morgan fingerprint density at radius 3 is 2.81 bits per heavy atom. The lowest BCUT2D eigenvalue weighted by Gasteiger charge is -2.16. The van der Waals surface area contributed by atoms with Crippen LogP contribution in [-0.2, 0) is 15.3 Å². The molecule has 0 amide bonds. The quantitative estimate of drug-likeness (QED) is 0.522. The Labute approximate surface area is 136 Å². The molecule has 0 aromatic heterocycles. The van der Waals surface area contributed by atoms with Gasteiger partial charge in [0.05, 0.1) is 6.61 Å². The minimum atomic E-state index is -0.205. The number of benzene rings is 1. The van der Waals surface area contributed by atoms with Crippen LogP contribution in [0.4, 0.5) is 0 Å². The van der Waals surface area contributed by atoms with E-state index in [2.05, 4.69) is 12.2 Å². The zero-order chi connectivity index (χ0) is 15.5. The monoisotopic (exact) mass is 329 g/mol. The fourth-order valence-electron chi connectivity index (χ4n) is 1.86. The Morgan fingerprint density at radius 1 is 1.38 bits per heavy atom. The molecule has 21 heavy (non-hydrogen) atoms. The predicted molar refractivity (Wildman–Crippen MR) is 90.9 cm³/mol. The van der Waals surface area contributed by atoms with E-state index in [9.17, 15) is 4.79 Å². The first-order valence-electron chi connectivity index (χ1n) is 7.40. The second kappa shape index (κ2) is 10.9. The van der Waals surface area contributed by atoms with Crippen LogP contribution in [0.5, 0.6) is 0 Å². The lowest BCUT2D eigenvalue weighted by molar-refractivity contribution is -0.145. The molecule has 0 radical (unpaired) electrons. The normalized spacial score (nSPS) is 12.1. The predicted octanol–water partition coefficient (Wildman–Crippen LogP) is 3.89. The molecule has 0 aliphatic heterocycles. The number of carbonyl (C=O) groups is 1. The van der Waals surface area contributed by atoms with Crippen LogP contribution in [0, 0.1) is 0 Å². The van der Waals surface area contributed by atoms with E-state index >= 15 is 0 Å². The lowest BCUT2D eigenvalue weighted by Crippen LogP contribution is -2.39. The molecule has 0 saturated heterocycles.